The fourth-order valence-electron chi connectivity index (χ4n) is 3.51. The van der Waals surface area contributed by atoms with Gasteiger partial charge in [0.05, 0.1) is 26.0 Å². The van der Waals surface area contributed by atoms with Crippen LogP contribution in [0.5, 0.6) is 0 Å². The number of unbranched alkanes of at least 4 members (excludes halogenated alkanes) is 6. The van der Waals surface area contributed by atoms with Crippen molar-refractivity contribution in [2.75, 3.05) is 57.1 Å². The van der Waals surface area contributed by atoms with Crippen LogP contribution < -0.4 is 20.5 Å². The van der Waals surface area contributed by atoms with Crippen LogP contribution in [0.1, 0.15) is 73.5 Å². The number of aromatic carboxylic acids is 1. The number of carbonyl (C=O) groups is 2. The maximum Gasteiger partial charge on any atom is 0.471 e. The first-order valence-electron chi connectivity index (χ1n) is 16.1. The van der Waals surface area contributed by atoms with E-state index in [4.69, 9.17) is 32.1 Å². The topological polar surface area (TPSA) is 340 Å². The third-order valence-corrected chi connectivity index (χ3v) is 8.85. The lowest BCUT2D eigenvalue weighted by molar-refractivity contribution is 0.0696. The minimum Gasteiger partial charge on any atom is -0.755 e. The average Bonchev–Trinajstić information content (AvgIpc) is 3.16. The molecule has 0 fully saturated rings. The van der Waals surface area contributed by atoms with Crippen molar-refractivity contribution in [1.82, 2.24) is 5.32 Å². The third-order valence-electron chi connectivity index (χ3n) is 6.11. The maximum absolute atomic E-state index is 11.9. The van der Waals surface area contributed by atoms with E-state index >= 15 is 0 Å². The Morgan fingerprint density at radius 3 is 1.48 bits per heavy atom. The van der Waals surface area contributed by atoms with Gasteiger partial charge in [-0.15, -0.1) is 0 Å². The van der Waals surface area contributed by atoms with Crippen molar-refractivity contribution in [1.29, 1.82) is 0 Å². The van der Waals surface area contributed by atoms with E-state index in [1.54, 1.807) is 0 Å². The number of hydrogen-bond acceptors (Lipinski definition) is 13. The van der Waals surface area contributed by atoms with Gasteiger partial charge in [-0.1, -0.05) is 25.7 Å². The molecule has 0 bridgehead atoms. The number of nitrogens with two attached hydrogens (primary N) is 1. The van der Waals surface area contributed by atoms with Crippen molar-refractivity contribution in [3.63, 3.8) is 0 Å². The predicted octanol–water partition coefficient (Wildman–Crippen LogP) is 3.57. The maximum atomic E-state index is 11.9. The molecular formula is C29H51FN4O16P2S2-2. The molecule has 0 aliphatic rings. The molecule has 2 aromatic rings. The lowest BCUT2D eigenvalue weighted by Crippen LogP contribution is -2.24. The number of rotatable bonds is 23. The van der Waals surface area contributed by atoms with Gasteiger partial charge in [-0.05, 0) is 80.8 Å². The average molecular weight is 858 g/mol. The molecule has 0 spiro atoms. The summed E-state index contributed by atoms with van der Waals surface area (Å²) in [5.74, 6) is -1.28. The number of phosphoric ester groups is 2. The lowest BCUT2D eigenvalue weighted by Gasteiger charge is -2.10. The van der Waals surface area contributed by atoms with Crippen molar-refractivity contribution >= 4 is 61.4 Å². The Balaban J connectivity index is -0.000000762. The molecule has 2 rings (SSSR count). The minimum absolute atomic E-state index is 0.113. The molecule has 0 aliphatic carbocycles. The smallest absolute Gasteiger partial charge is 0.471 e. The highest BCUT2D eigenvalue weighted by Crippen LogP contribution is 2.42. The zero-order valence-electron chi connectivity index (χ0n) is 31.0. The van der Waals surface area contributed by atoms with E-state index in [9.17, 15) is 40.6 Å². The van der Waals surface area contributed by atoms with Crippen molar-refractivity contribution in [2.45, 2.75) is 51.4 Å². The molecule has 0 heterocycles. The Labute approximate surface area is 320 Å². The van der Waals surface area contributed by atoms with Gasteiger partial charge in [-0.2, -0.15) is 0 Å². The fourth-order valence-corrected chi connectivity index (χ4v) is 5.10. The number of carboxylic acid groups (broad SMARTS) is 1. The van der Waals surface area contributed by atoms with Crippen LogP contribution >= 0.6 is 15.6 Å². The molecule has 54 heavy (non-hydrogen) atoms. The van der Waals surface area contributed by atoms with Crippen molar-refractivity contribution < 1.29 is 80.5 Å². The molecular weight excluding hydrogens is 805 g/mol. The van der Waals surface area contributed by atoms with Crippen LogP contribution in [0.3, 0.4) is 0 Å². The highest BCUT2D eigenvalue weighted by Gasteiger charge is 2.18. The molecule has 2 aromatic carbocycles. The monoisotopic (exact) mass is 857 g/mol. The minimum atomic E-state index is -3.89. The lowest BCUT2D eigenvalue weighted by atomic mass is 10.2. The van der Waals surface area contributed by atoms with Crippen molar-refractivity contribution in [3.8, 4) is 0 Å². The van der Waals surface area contributed by atoms with Gasteiger partial charge in [0.2, 0.25) is 1.43 Å². The third kappa shape index (κ3) is 31.6. The first kappa shape index (κ1) is 53.4. The Morgan fingerprint density at radius 1 is 0.759 bits per heavy atom. The summed E-state index contributed by atoms with van der Waals surface area (Å²) in [6.07, 6.45) is 6.76. The van der Waals surface area contributed by atoms with Gasteiger partial charge in [0.1, 0.15) is 0 Å². The predicted molar refractivity (Wildman–Crippen MR) is 199 cm³/mol. The second-order valence-corrected chi connectivity index (χ2v) is 14.4. The Hall–Kier alpha value is -2.73. The molecule has 10 N–H and O–H groups in total. The van der Waals surface area contributed by atoms with Crippen LogP contribution in [0.4, 0.5) is 15.8 Å². The molecule has 0 aliphatic heterocycles. The molecule has 314 valence electrons. The van der Waals surface area contributed by atoms with Gasteiger partial charge in [0, 0.05) is 60.2 Å². The summed E-state index contributed by atoms with van der Waals surface area (Å²) in [5.41, 5.74) is 12.8. The van der Waals surface area contributed by atoms with E-state index in [2.05, 4.69) is 28.3 Å². The highest BCUT2D eigenvalue weighted by molar-refractivity contribution is 7.80. The number of amides is 1. The molecule has 4 atom stereocenters. The number of alkyl halides is 1. The number of phosphoric acid groups is 2. The Kier molecular flexibility index (Phi) is 33.2. The molecule has 0 saturated carbocycles. The molecule has 1 amide bonds. The van der Waals surface area contributed by atoms with Gasteiger partial charge >= 0.3 is 21.6 Å². The summed E-state index contributed by atoms with van der Waals surface area (Å²) >= 11 is -4.78. The molecule has 4 unspecified atom stereocenters. The van der Waals surface area contributed by atoms with E-state index in [0.29, 0.717) is 43.6 Å². The number of anilines is 2. The number of carboxylic acids is 1. The van der Waals surface area contributed by atoms with Crippen LogP contribution in [0.25, 0.3) is 0 Å². The van der Waals surface area contributed by atoms with Crippen molar-refractivity contribution in [2.24, 2.45) is 5.73 Å². The highest BCUT2D eigenvalue weighted by atomic mass is 32.2. The first-order chi connectivity index (χ1) is 26.1. The SMILES string of the molecule is CF.COP(=O)(O)OCCCCCCN.COP(=O)(O)OCCCCCCNC(=O)c1ccc(NS(=O)[O-])cc1.O=C(O)c1ccc(NS(=O)[O-])cc1.[2H]O. The first-order valence-corrected chi connectivity index (χ1v) is 20.8. The van der Waals surface area contributed by atoms with Crippen LogP contribution in [-0.4, -0.2) is 97.5 Å². The number of nitrogens with one attached hydrogen (secondary N) is 3. The normalized spacial score (nSPS) is 13.6. The van der Waals surface area contributed by atoms with E-state index in [1.165, 1.54) is 48.5 Å². The second kappa shape index (κ2) is 33.6. The number of benzene rings is 2. The Morgan fingerprint density at radius 2 is 1.13 bits per heavy atom. The largest absolute Gasteiger partial charge is 0.755 e. The molecule has 0 aromatic heterocycles. The van der Waals surface area contributed by atoms with Crippen LogP contribution in [0, 0.1) is 0 Å². The van der Waals surface area contributed by atoms with E-state index in [-0.39, 0.29) is 24.7 Å². The number of halogens is 1. The number of carbonyl (C=O) groups excluding carboxylic acids is 1. The summed E-state index contributed by atoms with van der Waals surface area (Å²) in [7, 11) is -4.89. The quantitative estimate of drug-likeness (QED) is 0.0477. The van der Waals surface area contributed by atoms with Crippen LogP contribution in [-0.2, 0) is 49.8 Å². The summed E-state index contributed by atoms with van der Waals surface area (Å²) in [6, 6.07) is 11.5. The van der Waals surface area contributed by atoms with E-state index in [1.807, 2.05) is 0 Å². The zero-order chi connectivity index (χ0) is 42.7. The van der Waals surface area contributed by atoms with Gasteiger partial charge in [0.15, 0.2) is 0 Å². The van der Waals surface area contributed by atoms with Gasteiger partial charge in [0.25, 0.3) is 5.91 Å². The molecule has 0 saturated heterocycles. The van der Waals surface area contributed by atoms with Crippen LogP contribution in [0.2, 0.25) is 0 Å². The summed E-state index contributed by atoms with van der Waals surface area (Å²) in [4.78, 5) is 40.1. The van der Waals surface area contributed by atoms with Gasteiger partial charge in [-0.25, -0.2) is 13.9 Å². The Bertz CT molecular complexity index is 1440. The standard InChI is InChI=1S/C14H23N2O7PS.C7H18NO4P.C7H7NO4S.CH3F.H2O/c1-22-24(18,19)23-11-5-3-2-4-10-15-14(17)12-6-8-13(9-7-12)16-25(20)21;1-11-13(9,10)12-7-5-3-2-4-6-8;9-7(10)5-1-3-6(4-2-5)8-13(11)12;1-2;/h6-9,16H,2-5,10-11H2,1H3,(H,15,17)(H,18,19)(H,20,21);2-8H2,1H3,(H,9,10);1-4,8H,(H,9,10)(H,11,12);1H3;1H2/p-2/i/hD. The summed E-state index contributed by atoms with van der Waals surface area (Å²) < 4.78 is 99.5. The second-order valence-electron chi connectivity index (χ2n) is 9.98. The number of hydrogen-bond donors (Lipinski definition) is 7. The van der Waals surface area contributed by atoms with E-state index in [0.717, 1.165) is 59.2 Å². The summed E-state index contributed by atoms with van der Waals surface area (Å²) in [5, 5.41) is 11.3. The molecule has 20 nitrogen and oxygen atoms in total. The van der Waals surface area contributed by atoms with Crippen molar-refractivity contribution in [3.05, 3.63) is 59.7 Å². The zero-order valence-corrected chi connectivity index (χ0v) is 33.4. The fraction of sp³-hybridized carbons (Fsp3) is 0.517. The van der Waals surface area contributed by atoms with Crippen LogP contribution in [0.15, 0.2) is 48.5 Å². The van der Waals surface area contributed by atoms with Gasteiger partial charge < -0.3 is 50.0 Å². The molecule has 0 radical (unpaired) electrons. The summed E-state index contributed by atoms with van der Waals surface area (Å²) in [6.45, 7) is 1.59. The van der Waals surface area contributed by atoms with Gasteiger partial charge in [-0.3, -0.25) is 35.7 Å². The molecule has 25 heteroatoms. The van der Waals surface area contributed by atoms with E-state index < -0.39 is 44.1 Å².